The Morgan fingerprint density at radius 2 is 2.00 bits per heavy atom. The molecule has 7 nitrogen and oxygen atoms in total. The number of amides is 1. The Labute approximate surface area is 140 Å². The first-order valence-corrected chi connectivity index (χ1v) is 7.96. The quantitative estimate of drug-likeness (QED) is 0.890. The molecule has 1 aromatic heterocycles. The van der Waals surface area contributed by atoms with Crippen LogP contribution in [0, 0.1) is 5.92 Å². The lowest BCUT2D eigenvalue weighted by Gasteiger charge is -2.37. The average molecular weight is 336 g/mol. The highest BCUT2D eigenvalue weighted by Crippen LogP contribution is 2.33. The fraction of sp³-hybridized carbons (Fsp3) is 0.588. The number of ether oxygens (including phenoxy) is 1. The number of aromatic nitrogens is 1. The van der Waals surface area contributed by atoms with Crippen LogP contribution in [0.15, 0.2) is 23.1 Å². The molecule has 1 saturated heterocycles. The third kappa shape index (κ3) is 4.15. The second-order valence-electron chi connectivity index (χ2n) is 7.18. The van der Waals surface area contributed by atoms with Gasteiger partial charge in [0.25, 0.3) is 5.56 Å². The molecule has 1 aliphatic rings. The van der Waals surface area contributed by atoms with Crippen molar-refractivity contribution in [2.24, 2.45) is 13.0 Å². The lowest BCUT2D eigenvalue weighted by atomic mass is 9.81. The summed E-state index contributed by atoms with van der Waals surface area (Å²) in [7, 11) is 1.64. The van der Waals surface area contributed by atoms with E-state index in [2.05, 4.69) is 0 Å². The van der Waals surface area contributed by atoms with Gasteiger partial charge in [-0.3, -0.25) is 9.59 Å². The molecule has 2 rings (SSSR count). The first-order valence-electron chi connectivity index (χ1n) is 7.96. The summed E-state index contributed by atoms with van der Waals surface area (Å²) in [5, 5.41) is 9.56. The van der Waals surface area contributed by atoms with Crippen molar-refractivity contribution in [3.8, 4) is 0 Å². The van der Waals surface area contributed by atoms with Gasteiger partial charge in [0, 0.05) is 38.3 Å². The van der Waals surface area contributed by atoms with Gasteiger partial charge in [0.2, 0.25) is 0 Å². The summed E-state index contributed by atoms with van der Waals surface area (Å²) in [5.41, 5.74) is -0.0984. The van der Waals surface area contributed by atoms with E-state index in [1.807, 2.05) is 0 Å². The van der Waals surface area contributed by atoms with Gasteiger partial charge in [-0.15, -0.1) is 0 Å². The van der Waals surface area contributed by atoms with Crippen LogP contribution in [0.25, 0.3) is 0 Å². The molecule has 1 aliphatic heterocycles. The zero-order valence-electron chi connectivity index (χ0n) is 14.5. The predicted molar refractivity (Wildman–Crippen MR) is 88.0 cm³/mol. The maximum Gasteiger partial charge on any atom is 0.410 e. The number of hydrogen-bond donors (Lipinski definition) is 1. The lowest BCUT2D eigenvalue weighted by Crippen LogP contribution is -2.47. The standard InChI is InChI=1S/C17H24N2O5/c1-17(2,3)24-16(23)19-8-6-12(13(10-19)15(21)22)11-5-7-18(4)14(20)9-11/h5,7,9,12-13H,6,8,10H2,1-4H3,(H,21,22)/t12-,13+/m1/s1. The first kappa shape index (κ1) is 18.0. The number of rotatable bonds is 2. The van der Waals surface area contributed by atoms with Crippen LogP contribution < -0.4 is 5.56 Å². The number of carboxylic acids is 1. The Morgan fingerprint density at radius 1 is 1.33 bits per heavy atom. The van der Waals surface area contributed by atoms with E-state index >= 15 is 0 Å². The largest absolute Gasteiger partial charge is 0.481 e. The van der Waals surface area contributed by atoms with E-state index in [1.165, 1.54) is 15.5 Å². The molecule has 1 N–H and O–H groups in total. The molecule has 0 aromatic carbocycles. The number of carbonyl (C=O) groups excluding carboxylic acids is 1. The van der Waals surface area contributed by atoms with E-state index in [-0.39, 0.29) is 18.0 Å². The number of pyridine rings is 1. The highest BCUT2D eigenvalue weighted by Gasteiger charge is 2.38. The monoisotopic (exact) mass is 336 g/mol. The van der Waals surface area contributed by atoms with Gasteiger partial charge < -0.3 is 19.3 Å². The Kier molecular flexibility index (Phi) is 5.01. The third-order valence-corrected chi connectivity index (χ3v) is 4.14. The maximum absolute atomic E-state index is 12.2. The van der Waals surface area contributed by atoms with E-state index < -0.39 is 23.6 Å². The van der Waals surface area contributed by atoms with Crippen molar-refractivity contribution in [3.05, 3.63) is 34.2 Å². The van der Waals surface area contributed by atoms with Gasteiger partial charge in [-0.1, -0.05) is 0 Å². The molecule has 2 heterocycles. The SMILES string of the molecule is Cn1ccc([C@H]2CCN(C(=O)OC(C)(C)C)C[C@@H]2C(=O)O)cc1=O. The van der Waals surface area contributed by atoms with Crippen LogP contribution >= 0.6 is 0 Å². The molecule has 1 amide bonds. The summed E-state index contributed by atoms with van der Waals surface area (Å²) in [6, 6.07) is 3.24. The highest BCUT2D eigenvalue weighted by molar-refractivity contribution is 5.74. The minimum absolute atomic E-state index is 0.0735. The first-order chi connectivity index (χ1) is 11.1. The molecule has 1 aromatic rings. The molecule has 2 atom stereocenters. The van der Waals surface area contributed by atoms with Crippen LogP contribution in [-0.4, -0.2) is 45.3 Å². The van der Waals surface area contributed by atoms with Crippen LogP contribution in [-0.2, 0) is 16.6 Å². The van der Waals surface area contributed by atoms with E-state index in [0.29, 0.717) is 18.5 Å². The maximum atomic E-state index is 12.2. The molecule has 7 heteroatoms. The average Bonchev–Trinajstić information content (AvgIpc) is 2.47. The van der Waals surface area contributed by atoms with Crippen molar-refractivity contribution in [1.29, 1.82) is 0 Å². The molecule has 0 bridgehead atoms. The Balaban J connectivity index is 2.19. The zero-order valence-corrected chi connectivity index (χ0v) is 14.5. The molecule has 0 radical (unpaired) electrons. The molecule has 0 saturated carbocycles. The van der Waals surface area contributed by atoms with E-state index in [4.69, 9.17) is 4.74 Å². The summed E-state index contributed by atoms with van der Waals surface area (Å²) < 4.78 is 6.76. The normalized spacial score (nSPS) is 21.4. The van der Waals surface area contributed by atoms with Gasteiger partial charge in [-0.25, -0.2) is 4.79 Å². The topological polar surface area (TPSA) is 88.8 Å². The van der Waals surface area contributed by atoms with Crippen molar-refractivity contribution in [2.45, 2.75) is 38.7 Å². The van der Waals surface area contributed by atoms with Crippen molar-refractivity contribution in [1.82, 2.24) is 9.47 Å². The molecule has 132 valence electrons. The van der Waals surface area contributed by atoms with E-state index in [1.54, 1.807) is 40.1 Å². The van der Waals surface area contributed by atoms with E-state index in [9.17, 15) is 19.5 Å². The van der Waals surface area contributed by atoms with Gasteiger partial charge in [-0.2, -0.15) is 0 Å². The molecule has 0 aliphatic carbocycles. The van der Waals surface area contributed by atoms with Gasteiger partial charge >= 0.3 is 12.1 Å². The predicted octanol–water partition coefficient (Wildman–Crippen LogP) is 1.81. The number of aliphatic carboxylic acids is 1. The zero-order chi connectivity index (χ0) is 18.1. The van der Waals surface area contributed by atoms with Crippen LogP contribution in [0.3, 0.4) is 0 Å². The van der Waals surface area contributed by atoms with Gasteiger partial charge in [0.1, 0.15) is 5.60 Å². The second kappa shape index (κ2) is 6.67. The fourth-order valence-corrected chi connectivity index (χ4v) is 2.89. The van der Waals surface area contributed by atoms with Crippen molar-refractivity contribution >= 4 is 12.1 Å². The number of likely N-dealkylation sites (tertiary alicyclic amines) is 1. The summed E-state index contributed by atoms with van der Waals surface area (Å²) in [4.78, 5) is 37.1. The molecular formula is C17H24N2O5. The van der Waals surface area contributed by atoms with Crippen molar-refractivity contribution in [3.63, 3.8) is 0 Å². The smallest absolute Gasteiger partial charge is 0.410 e. The number of carboxylic acid groups (broad SMARTS) is 1. The minimum atomic E-state index is -0.978. The van der Waals surface area contributed by atoms with Gasteiger partial charge in [0.05, 0.1) is 5.92 Å². The summed E-state index contributed by atoms with van der Waals surface area (Å²) in [6.07, 6.45) is 1.61. The Morgan fingerprint density at radius 3 is 2.54 bits per heavy atom. The number of carbonyl (C=O) groups is 2. The summed E-state index contributed by atoms with van der Waals surface area (Å²) in [5.74, 6) is -2.04. The number of hydrogen-bond acceptors (Lipinski definition) is 4. The number of piperidine rings is 1. The van der Waals surface area contributed by atoms with Crippen LogP contribution in [0.5, 0.6) is 0 Å². The van der Waals surface area contributed by atoms with Crippen molar-refractivity contribution in [2.75, 3.05) is 13.1 Å². The van der Waals surface area contributed by atoms with E-state index in [0.717, 1.165) is 0 Å². The van der Waals surface area contributed by atoms with Crippen molar-refractivity contribution < 1.29 is 19.4 Å². The van der Waals surface area contributed by atoms with Gasteiger partial charge in [-0.05, 0) is 38.8 Å². The Bertz CT molecular complexity index is 689. The second-order valence-corrected chi connectivity index (χ2v) is 7.18. The Hall–Kier alpha value is -2.31. The summed E-state index contributed by atoms with van der Waals surface area (Å²) in [6.45, 7) is 5.78. The highest BCUT2D eigenvalue weighted by atomic mass is 16.6. The number of nitrogens with zero attached hydrogens (tertiary/aromatic N) is 2. The fourth-order valence-electron chi connectivity index (χ4n) is 2.89. The summed E-state index contributed by atoms with van der Waals surface area (Å²) >= 11 is 0. The van der Waals surface area contributed by atoms with Crippen LogP contribution in [0.2, 0.25) is 0 Å². The number of aryl methyl sites for hydroxylation is 1. The van der Waals surface area contributed by atoms with Crippen LogP contribution in [0.1, 0.15) is 38.7 Å². The molecular weight excluding hydrogens is 312 g/mol. The van der Waals surface area contributed by atoms with Crippen LogP contribution in [0.4, 0.5) is 4.79 Å². The molecule has 1 fully saturated rings. The molecule has 0 unspecified atom stereocenters. The minimum Gasteiger partial charge on any atom is -0.481 e. The molecule has 24 heavy (non-hydrogen) atoms. The molecule has 0 spiro atoms. The third-order valence-electron chi connectivity index (χ3n) is 4.14. The van der Waals surface area contributed by atoms with Gasteiger partial charge in [0.15, 0.2) is 0 Å². The lowest BCUT2D eigenvalue weighted by molar-refractivity contribution is -0.144.